The number of hydrogen-bond acceptors (Lipinski definition) is 6. The first-order chi connectivity index (χ1) is 19.1. The molecule has 0 atom stereocenters. The Kier molecular flexibility index (Phi) is 7.39. The summed E-state index contributed by atoms with van der Waals surface area (Å²) in [5.74, 6) is -2.71. The maximum atomic E-state index is 14.6. The van der Waals surface area contributed by atoms with E-state index in [1.807, 2.05) is 43.5 Å². The molecule has 9 nitrogen and oxygen atoms in total. The summed E-state index contributed by atoms with van der Waals surface area (Å²) in [5, 5.41) is 14.7. The van der Waals surface area contributed by atoms with E-state index in [4.69, 9.17) is 9.84 Å². The summed E-state index contributed by atoms with van der Waals surface area (Å²) in [6.07, 6.45) is 2.27. The van der Waals surface area contributed by atoms with Crippen molar-refractivity contribution in [2.75, 3.05) is 13.2 Å². The number of ether oxygens (including phenoxy) is 1. The number of hydrogen-bond donors (Lipinski definition) is 1. The molecule has 11 heteroatoms. The van der Waals surface area contributed by atoms with Gasteiger partial charge in [-0.15, -0.1) is 0 Å². The summed E-state index contributed by atoms with van der Waals surface area (Å²) in [6.45, 7) is 8.31. The number of unbranched alkanes of at least 4 members (excludes halogenated alkanes) is 1. The van der Waals surface area contributed by atoms with E-state index in [0.29, 0.717) is 25.1 Å². The normalized spacial score (nSPS) is 16.8. The monoisotopic (exact) mass is 550 g/mol. The Morgan fingerprint density at radius 3 is 2.55 bits per heavy atom. The van der Waals surface area contributed by atoms with Gasteiger partial charge in [-0.3, -0.25) is 9.59 Å². The van der Waals surface area contributed by atoms with Crippen molar-refractivity contribution in [2.45, 2.75) is 59.8 Å². The molecule has 3 aromatic rings. The van der Waals surface area contributed by atoms with E-state index in [9.17, 15) is 18.4 Å². The van der Waals surface area contributed by atoms with Crippen molar-refractivity contribution >= 4 is 28.8 Å². The molecule has 2 aliphatic heterocycles. The SMILES string of the molecule is CCc1cc2c(C3=NN(CCCCOc4ccc(C5=NNC(=O)CC5)c(F)c4F)C(=O)C3(C)C)ccc(C)n2n1. The first-order valence-electron chi connectivity index (χ1n) is 13.5. The van der Waals surface area contributed by atoms with E-state index < -0.39 is 17.0 Å². The van der Waals surface area contributed by atoms with Gasteiger partial charge in [0.15, 0.2) is 11.6 Å². The van der Waals surface area contributed by atoms with Crippen molar-refractivity contribution in [3.63, 3.8) is 0 Å². The van der Waals surface area contributed by atoms with E-state index in [-0.39, 0.29) is 48.3 Å². The predicted molar refractivity (Wildman–Crippen MR) is 146 cm³/mol. The molecule has 40 heavy (non-hydrogen) atoms. The zero-order valence-electron chi connectivity index (χ0n) is 23.1. The van der Waals surface area contributed by atoms with Crippen LogP contribution in [-0.4, -0.2) is 51.0 Å². The minimum atomic E-state index is -1.10. The molecule has 210 valence electrons. The molecule has 0 fully saturated rings. The molecule has 0 bridgehead atoms. The molecular formula is C29H32F2N6O3. The van der Waals surface area contributed by atoms with Crippen LogP contribution in [0.5, 0.6) is 5.75 Å². The van der Waals surface area contributed by atoms with Crippen LogP contribution in [-0.2, 0) is 16.0 Å². The molecule has 0 aliphatic carbocycles. The highest BCUT2D eigenvalue weighted by Crippen LogP contribution is 2.34. The molecule has 4 heterocycles. The highest BCUT2D eigenvalue weighted by Gasteiger charge is 2.44. The first kappa shape index (κ1) is 27.4. The van der Waals surface area contributed by atoms with Crippen LogP contribution in [0.4, 0.5) is 8.78 Å². The molecule has 0 spiro atoms. The van der Waals surface area contributed by atoms with Gasteiger partial charge in [-0.1, -0.05) is 6.92 Å². The summed E-state index contributed by atoms with van der Waals surface area (Å²) in [6, 6.07) is 8.77. The summed E-state index contributed by atoms with van der Waals surface area (Å²) in [5.41, 5.74) is 6.23. The number of halogens is 2. The molecule has 2 amide bonds. The number of aromatic nitrogens is 2. The molecule has 2 aliphatic rings. The number of amides is 2. The second kappa shape index (κ2) is 10.8. The average Bonchev–Trinajstić information content (AvgIpc) is 3.47. The number of carbonyl (C=O) groups excluding carboxylic acids is 2. The Hall–Kier alpha value is -4.15. The summed E-state index contributed by atoms with van der Waals surface area (Å²) >= 11 is 0. The van der Waals surface area contributed by atoms with Crippen LogP contribution in [0.2, 0.25) is 0 Å². The predicted octanol–water partition coefficient (Wildman–Crippen LogP) is 4.53. The van der Waals surface area contributed by atoms with Gasteiger partial charge in [-0.05, 0) is 70.4 Å². The van der Waals surface area contributed by atoms with Gasteiger partial charge < -0.3 is 4.74 Å². The largest absolute Gasteiger partial charge is 0.490 e. The standard InChI is InChI=1S/C29H32F2N6O3/c1-5-18-16-22-20(9-8-17(2)37(22)34-18)27-29(3,4)28(39)36(35-27)14-6-7-15-40-23-12-10-19(25(30)26(23)31)21-11-13-24(38)33-32-21/h8-10,12,16H,5-7,11,13-15H2,1-4H3,(H,33,38). The number of nitrogens with zero attached hydrogens (tertiary/aromatic N) is 5. The van der Waals surface area contributed by atoms with Gasteiger partial charge in [0.05, 0.1) is 34.7 Å². The Bertz CT molecular complexity index is 1560. The van der Waals surface area contributed by atoms with Gasteiger partial charge in [-0.25, -0.2) is 19.3 Å². The van der Waals surface area contributed by atoms with Crippen LogP contribution < -0.4 is 10.2 Å². The molecule has 1 aromatic carbocycles. The zero-order valence-corrected chi connectivity index (χ0v) is 23.1. The van der Waals surface area contributed by atoms with Crippen molar-refractivity contribution in [1.82, 2.24) is 20.0 Å². The smallest absolute Gasteiger partial charge is 0.254 e. The molecular weight excluding hydrogens is 518 g/mol. The van der Waals surface area contributed by atoms with Crippen LogP contribution in [0.25, 0.3) is 5.52 Å². The number of pyridine rings is 1. The number of nitrogens with one attached hydrogen (secondary N) is 1. The average molecular weight is 551 g/mol. The van der Waals surface area contributed by atoms with E-state index in [2.05, 4.69) is 22.5 Å². The van der Waals surface area contributed by atoms with Gasteiger partial charge in [0.25, 0.3) is 5.91 Å². The Morgan fingerprint density at radius 1 is 1.05 bits per heavy atom. The third-order valence-corrected chi connectivity index (χ3v) is 7.34. The van der Waals surface area contributed by atoms with Gasteiger partial charge in [0, 0.05) is 36.2 Å². The quantitative estimate of drug-likeness (QED) is 0.396. The molecule has 0 unspecified atom stereocenters. The lowest BCUT2D eigenvalue weighted by Crippen LogP contribution is -2.35. The topological polar surface area (TPSA) is 101 Å². The maximum Gasteiger partial charge on any atom is 0.254 e. The van der Waals surface area contributed by atoms with Gasteiger partial charge in [0.2, 0.25) is 11.7 Å². The Morgan fingerprint density at radius 2 is 1.82 bits per heavy atom. The number of aryl methyl sites for hydroxylation is 2. The van der Waals surface area contributed by atoms with Crippen LogP contribution in [0.1, 0.15) is 69.0 Å². The van der Waals surface area contributed by atoms with Crippen molar-refractivity contribution in [3.8, 4) is 5.75 Å². The summed E-state index contributed by atoms with van der Waals surface area (Å²) in [4.78, 5) is 24.5. The molecule has 0 saturated heterocycles. The third-order valence-electron chi connectivity index (χ3n) is 7.34. The van der Waals surface area contributed by atoms with Crippen molar-refractivity contribution < 1.29 is 23.1 Å². The first-order valence-corrected chi connectivity index (χ1v) is 13.5. The molecule has 0 saturated carbocycles. The maximum absolute atomic E-state index is 14.6. The van der Waals surface area contributed by atoms with Crippen molar-refractivity contribution in [3.05, 3.63) is 64.5 Å². The minimum Gasteiger partial charge on any atom is -0.490 e. The fraction of sp³-hybridized carbons (Fsp3) is 0.414. The highest BCUT2D eigenvalue weighted by molar-refractivity contribution is 6.21. The van der Waals surface area contributed by atoms with Crippen LogP contribution in [0, 0.1) is 24.0 Å². The Balaban J connectivity index is 1.22. The van der Waals surface area contributed by atoms with Gasteiger partial charge in [0.1, 0.15) is 0 Å². The second-order valence-corrected chi connectivity index (χ2v) is 10.6. The lowest BCUT2D eigenvalue weighted by atomic mass is 9.83. The van der Waals surface area contributed by atoms with E-state index in [1.165, 1.54) is 17.1 Å². The van der Waals surface area contributed by atoms with Crippen molar-refractivity contribution in [2.24, 2.45) is 15.6 Å². The van der Waals surface area contributed by atoms with Crippen LogP contribution >= 0.6 is 0 Å². The van der Waals surface area contributed by atoms with Gasteiger partial charge >= 0.3 is 0 Å². The highest BCUT2D eigenvalue weighted by atomic mass is 19.2. The van der Waals surface area contributed by atoms with Crippen LogP contribution in [0.15, 0.2) is 40.5 Å². The molecule has 5 rings (SSSR count). The number of hydrazone groups is 2. The van der Waals surface area contributed by atoms with E-state index >= 15 is 0 Å². The van der Waals surface area contributed by atoms with Crippen molar-refractivity contribution in [1.29, 1.82) is 0 Å². The van der Waals surface area contributed by atoms with Gasteiger partial charge in [-0.2, -0.15) is 19.7 Å². The number of rotatable bonds is 9. The van der Waals surface area contributed by atoms with E-state index in [1.54, 1.807) is 0 Å². The summed E-state index contributed by atoms with van der Waals surface area (Å²) < 4.78 is 36.7. The minimum absolute atomic E-state index is 0.00127. The molecule has 2 aromatic heterocycles. The fourth-order valence-corrected chi connectivity index (χ4v) is 4.96. The molecule has 1 N–H and O–H groups in total. The zero-order chi connectivity index (χ0) is 28.6. The second-order valence-electron chi connectivity index (χ2n) is 10.6. The van der Waals surface area contributed by atoms with E-state index in [0.717, 1.165) is 28.9 Å². The Labute approximate surface area is 230 Å². The third kappa shape index (κ3) is 4.96. The molecule has 0 radical (unpaired) electrons. The van der Waals surface area contributed by atoms with Crippen LogP contribution in [0.3, 0.4) is 0 Å². The lowest BCUT2D eigenvalue weighted by molar-refractivity contribution is -0.135. The number of benzene rings is 1. The number of fused-ring (bicyclic) bond motifs is 1. The lowest BCUT2D eigenvalue weighted by Gasteiger charge is -2.20. The fourth-order valence-electron chi connectivity index (χ4n) is 4.96. The number of carbonyl (C=O) groups is 2. The summed E-state index contributed by atoms with van der Waals surface area (Å²) in [7, 11) is 0.